The van der Waals surface area contributed by atoms with Crippen molar-refractivity contribution < 1.29 is 14.3 Å². The zero-order chi connectivity index (χ0) is 19.8. The molecule has 0 saturated heterocycles. The minimum absolute atomic E-state index is 0.142. The molecule has 0 radical (unpaired) electrons. The highest BCUT2D eigenvalue weighted by Crippen LogP contribution is 2.40. The molecule has 2 heterocycles. The predicted octanol–water partition coefficient (Wildman–Crippen LogP) is 3.71. The topological polar surface area (TPSA) is 91.2 Å². The number of hydrogen-bond acceptors (Lipinski definition) is 6. The third-order valence-corrected chi connectivity index (χ3v) is 4.93. The molecule has 2 aromatic carbocycles. The van der Waals surface area contributed by atoms with Gasteiger partial charge in [-0.2, -0.15) is 0 Å². The second-order valence-electron chi connectivity index (χ2n) is 6.82. The number of fused-ring (bicyclic) bond motifs is 1. The first-order chi connectivity index (χ1) is 14.2. The maximum atomic E-state index is 12.4. The molecule has 0 bridgehead atoms. The Labute approximate surface area is 171 Å². The van der Waals surface area contributed by atoms with Gasteiger partial charge in [0.15, 0.2) is 17.3 Å². The van der Waals surface area contributed by atoms with Gasteiger partial charge in [-0.25, -0.2) is 4.68 Å². The Morgan fingerprint density at radius 2 is 2.14 bits per heavy atom. The van der Waals surface area contributed by atoms with Gasteiger partial charge in [-0.15, -0.1) is 5.10 Å². The van der Waals surface area contributed by atoms with Gasteiger partial charge in [0.05, 0.1) is 11.1 Å². The summed E-state index contributed by atoms with van der Waals surface area (Å²) in [6.07, 6.45) is 5.28. The molecule has 1 aliphatic heterocycles. The molecule has 0 atom stereocenters. The molecule has 1 N–H and O–H groups in total. The van der Waals surface area contributed by atoms with Crippen molar-refractivity contribution in [2.75, 3.05) is 12.1 Å². The van der Waals surface area contributed by atoms with Gasteiger partial charge in [0.2, 0.25) is 12.7 Å². The number of carbonyl (C=O) groups excluding carboxylic acids is 1. The largest absolute Gasteiger partial charge is 0.454 e. The van der Waals surface area contributed by atoms with Crippen LogP contribution < -0.4 is 14.8 Å². The molecule has 2 aliphatic rings. The van der Waals surface area contributed by atoms with E-state index in [-0.39, 0.29) is 12.7 Å². The van der Waals surface area contributed by atoms with E-state index in [1.54, 1.807) is 18.2 Å². The maximum Gasteiger partial charge on any atom is 0.248 e. The number of benzene rings is 2. The fourth-order valence-corrected chi connectivity index (χ4v) is 3.40. The molecule has 5 rings (SSSR count). The summed E-state index contributed by atoms with van der Waals surface area (Å²) in [5.41, 5.74) is 2.25. The Kier molecular flexibility index (Phi) is 4.40. The summed E-state index contributed by atoms with van der Waals surface area (Å²) in [7, 11) is 0. The number of tetrazole rings is 1. The van der Waals surface area contributed by atoms with Gasteiger partial charge in [-0.05, 0) is 59.2 Å². The van der Waals surface area contributed by atoms with Crippen molar-refractivity contribution in [2.24, 2.45) is 0 Å². The van der Waals surface area contributed by atoms with Crippen LogP contribution in [0.3, 0.4) is 0 Å². The molecule has 1 aromatic heterocycles. The molecular formula is C20H16ClN5O3. The van der Waals surface area contributed by atoms with Gasteiger partial charge in [-0.1, -0.05) is 23.7 Å². The second kappa shape index (κ2) is 7.21. The van der Waals surface area contributed by atoms with Crippen molar-refractivity contribution in [3.63, 3.8) is 0 Å². The van der Waals surface area contributed by atoms with E-state index in [9.17, 15) is 4.79 Å². The number of amides is 1. The van der Waals surface area contributed by atoms with Crippen LogP contribution >= 0.6 is 11.6 Å². The van der Waals surface area contributed by atoms with E-state index >= 15 is 0 Å². The van der Waals surface area contributed by atoms with Gasteiger partial charge < -0.3 is 14.8 Å². The number of rotatable bonds is 5. The highest BCUT2D eigenvalue weighted by molar-refractivity contribution is 6.32. The monoisotopic (exact) mass is 409 g/mol. The average Bonchev–Trinajstić information content (AvgIpc) is 3.24. The lowest BCUT2D eigenvalue weighted by atomic mass is 10.1. The van der Waals surface area contributed by atoms with Crippen LogP contribution in [0.25, 0.3) is 17.5 Å². The lowest BCUT2D eigenvalue weighted by Crippen LogP contribution is -2.08. The molecule has 29 heavy (non-hydrogen) atoms. The number of nitrogens with zero attached hydrogens (tertiary/aromatic N) is 4. The summed E-state index contributed by atoms with van der Waals surface area (Å²) < 4.78 is 12.5. The molecule has 1 aliphatic carbocycles. The van der Waals surface area contributed by atoms with Crippen LogP contribution in [0.4, 0.5) is 5.69 Å². The van der Waals surface area contributed by atoms with E-state index in [2.05, 4.69) is 20.8 Å². The highest BCUT2D eigenvalue weighted by Gasteiger charge is 2.28. The van der Waals surface area contributed by atoms with E-state index < -0.39 is 0 Å². The Morgan fingerprint density at radius 3 is 3.00 bits per heavy atom. The zero-order valence-electron chi connectivity index (χ0n) is 15.2. The van der Waals surface area contributed by atoms with Crippen LogP contribution in [0, 0.1) is 0 Å². The number of ether oxygens (including phenoxy) is 2. The fourth-order valence-electron chi connectivity index (χ4n) is 3.12. The molecule has 0 spiro atoms. The van der Waals surface area contributed by atoms with Crippen LogP contribution in [0.2, 0.25) is 5.02 Å². The number of halogens is 1. The highest BCUT2D eigenvalue weighted by atomic mass is 35.5. The summed E-state index contributed by atoms with van der Waals surface area (Å²) in [4.78, 5) is 12.4. The van der Waals surface area contributed by atoms with Gasteiger partial charge in [0, 0.05) is 17.3 Å². The van der Waals surface area contributed by atoms with E-state index in [0.29, 0.717) is 34.1 Å². The van der Waals surface area contributed by atoms with Crippen LogP contribution in [0.1, 0.15) is 24.4 Å². The summed E-state index contributed by atoms with van der Waals surface area (Å²) >= 11 is 6.17. The molecule has 9 heteroatoms. The summed E-state index contributed by atoms with van der Waals surface area (Å²) in [5, 5.41) is 15.3. The first-order valence-corrected chi connectivity index (χ1v) is 9.52. The van der Waals surface area contributed by atoms with Gasteiger partial charge in [0.25, 0.3) is 0 Å². The zero-order valence-corrected chi connectivity index (χ0v) is 16.0. The second-order valence-corrected chi connectivity index (χ2v) is 7.23. The number of nitrogens with one attached hydrogen (secondary N) is 1. The van der Waals surface area contributed by atoms with E-state index in [4.69, 9.17) is 21.1 Å². The average molecular weight is 410 g/mol. The molecule has 3 aromatic rings. The smallest absolute Gasteiger partial charge is 0.248 e. The van der Waals surface area contributed by atoms with E-state index in [0.717, 1.165) is 24.0 Å². The first-order valence-electron chi connectivity index (χ1n) is 9.14. The summed E-state index contributed by atoms with van der Waals surface area (Å²) in [5.74, 6) is 1.53. The Bertz CT molecular complexity index is 1120. The van der Waals surface area contributed by atoms with Crippen LogP contribution in [0.5, 0.6) is 11.5 Å². The minimum atomic E-state index is -0.266. The minimum Gasteiger partial charge on any atom is -0.454 e. The Hall–Kier alpha value is -3.39. The lowest BCUT2D eigenvalue weighted by Gasteiger charge is -2.06. The summed E-state index contributed by atoms with van der Waals surface area (Å²) in [6.45, 7) is 0.142. The Balaban J connectivity index is 1.30. The van der Waals surface area contributed by atoms with Gasteiger partial charge >= 0.3 is 0 Å². The summed E-state index contributed by atoms with van der Waals surface area (Å²) in [6, 6.07) is 11.3. The van der Waals surface area contributed by atoms with Crippen molar-refractivity contribution in [3.8, 4) is 22.9 Å². The molecule has 1 fully saturated rings. The normalized spacial score (nSPS) is 15.1. The molecule has 1 amide bonds. The maximum absolute atomic E-state index is 12.4. The van der Waals surface area contributed by atoms with Crippen LogP contribution in [-0.2, 0) is 4.79 Å². The van der Waals surface area contributed by atoms with Crippen molar-refractivity contribution in [1.82, 2.24) is 20.2 Å². The molecule has 1 saturated carbocycles. The third kappa shape index (κ3) is 3.66. The third-order valence-electron chi connectivity index (χ3n) is 4.65. The van der Waals surface area contributed by atoms with Gasteiger partial charge in [-0.3, -0.25) is 4.79 Å². The molecule has 0 unspecified atom stereocenters. The van der Waals surface area contributed by atoms with Crippen molar-refractivity contribution in [1.29, 1.82) is 0 Å². The lowest BCUT2D eigenvalue weighted by molar-refractivity contribution is -0.111. The van der Waals surface area contributed by atoms with E-state index in [1.807, 2.05) is 28.9 Å². The standard InChI is InChI=1S/C20H16ClN5O3/c21-16-8-12(9-17-19(16)29-11-28-17)4-7-18(27)22-14-3-1-2-13(10-14)20-23-24-25-26(20)15-5-6-15/h1-4,7-10,15H,5-6,11H2,(H,22,27)/b7-4+. The molecule has 8 nitrogen and oxygen atoms in total. The van der Waals surface area contributed by atoms with Crippen LogP contribution in [-0.4, -0.2) is 32.9 Å². The van der Waals surface area contributed by atoms with Crippen LogP contribution in [0.15, 0.2) is 42.5 Å². The number of hydrogen-bond donors (Lipinski definition) is 1. The number of aromatic nitrogens is 4. The Morgan fingerprint density at radius 1 is 1.24 bits per heavy atom. The quantitative estimate of drug-likeness (QED) is 0.646. The first kappa shape index (κ1) is 17.7. The van der Waals surface area contributed by atoms with Gasteiger partial charge in [0.1, 0.15) is 0 Å². The molecule has 146 valence electrons. The van der Waals surface area contributed by atoms with Crippen molar-refractivity contribution in [3.05, 3.63) is 53.1 Å². The number of carbonyl (C=O) groups is 1. The molecular weight excluding hydrogens is 394 g/mol. The van der Waals surface area contributed by atoms with Crippen molar-refractivity contribution in [2.45, 2.75) is 18.9 Å². The predicted molar refractivity (Wildman–Crippen MR) is 107 cm³/mol. The fraction of sp³-hybridized carbons (Fsp3) is 0.200. The van der Waals surface area contributed by atoms with Crippen molar-refractivity contribution >= 4 is 29.3 Å². The van der Waals surface area contributed by atoms with E-state index in [1.165, 1.54) is 6.08 Å². The SMILES string of the molecule is O=C(/C=C/c1cc(Cl)c2c(c1)OCO2)Nc1cccc(-c2nnnn2C2CC2)c1. The number of anilines is 1.